The number of nitrogens with zero attached hydrogens (tertiary/aromatic N) is 3. The van der Waals surface area contributed by atoms with Crippen LogP contribution in [0.5, 0.6) is 0 Å². The summed E-state index contributed by atoms with van der Waals surface area (Å²) in [5, 5.41) is 6.02. The van der Waals surface area contributed by atoms with Crippen LogP contribution in [0.25, 0.3) is 0 Å². The maximum absolute atomic E-state index is 13.4. The van der Waals surface area contributed by atoms with Crippen LogP contribution in [0.15, 0.2) is 12.4 Å². The van der Waals surface area contributed by atoms with E-state index < -0.39 is 36.1 Å². The largest absolute Gasteiger partial charge is 0.498 e. The molecule has 0 spiro atoms. The molecule has 0 aliphatic carbocycles. The number of carbonyl (C=O) groups excluding carboxylic acids is 2. The number of rotatable bonds is 7. The number of hydrogen-bond acceptors (Lipinski definition) is 8. The van der Waals surface area contributed by atoms with Gasteiger partial charge >= 0.3 is 13.2 Å². The van der Waals surface area contributed by atoms with Gasteiger partial charge in [-0.1, -0.05) is 13.8 Å². The van der Waals surface area contributed by atoms with Gasteiger partial charge in [0.1, 0.15) is 11.6 Å². The number of anilines is 1. The van der Waals surface area contributed by atoms with Gasteiger partial charge < -0.3 is 29.6 Å². The van der Waals surface area contributed by atoms with E-state index in [1.165, 1.54) is 0 Å². The van der Waals surface area contributed by atoms with Crippen molar-refractivity contribution < 1.29 is 23.6 Å². The lowest BCUT2D eigenvalue weighted by Gasteiger charge is -2.32. The smallest absolute Gasteiger partial charge is 0.444 e. The van der Waals surface area contributed by atoms with E-state index in [0.717, 1.165) is 18.3 Å². The number of carbonyl (C=O) groups is 2. The van der Waals surface area contributed by atoms with Gasteiger partial charge in [-0.2, -0.15) is 0 Å². The van der Waals surface area contributed by atoms with E-state index in [9.17, 15) is 9.59 Å². The first-order valence-corrected chi connectivity index (χ1v) is 12.8. The van der Waals surface area contributed by atoms with Crippen LogP contribution >= 0.6 is 0 Å². The van der Waals surface area contributed by atoms with Crippen molar-refractivity contribution in [2.75, 3.05) is 18.4 Å². The van der Waals surface area contributed by atoms with E-state index in [2.05, 4.69) is 20.6 Å². The summed E-state index contributed by atoms with van der Waals surface area (Å²) in [7, 11) is -0.516. The second kappa shape index (κ2) is 10.5. The van der Waals surface area contributed by atoms with Gasteiger partial charge in [0.15, 0.2) is 0 Å². The third-order valence-corrected chi connectivity index (χ3v) is 6.96. The predicted molar refractivity (Wildman–Crippen MR) is 139 cm³/mol. The van der Waals surface area contributed by atoms with Crippen molar-refractivity contribution in [2.45, 2.75) is 104 Å². The fourth-order valence-electron chi connectivity index (χ4n) is 4.20. The van der Waals surface area contributed by atoms with Crippen molar-refractivity contribution in [3.05, 3.63) is 12.4 Å². The fourth-order valence-corrected chi connectivity index (χ4v) is 4.20. The van der Waals surface area contributed by atoms with Gasteiger partial charge in [0, 0.05) is 37.0 Å². The third-order valence-electron chi connectivity index (χ3n) is 6.96. The lowest BCUT2D eigenvalue weighted by molar-refractivity contribution is -0.135. The average molecular weight is 503 g/mol. The SMILES string of the molecule is CC(C)[C@H](NC(=O)OC(C)(C)C)C(=O)N1CCC[C@@H]1CNc1ncc(B2OC(C)(C)C(C)(C)O2)cn1. The van der Waals surface area contributed by atoms with Crippen LogP contribution in [0.3, 0.4) is 0 Å². The molecule has 2 aliphatic rings. The number of likely N-dealkylation sites (tertiary alicyclic amines) is 1. The molecule has 0 saturated carbocycles. The highest BCUT2D eigenvalue weighted by Gasteiger charge is 2.52. The average Bonchev–Trinajstić information content (AvgIpc) is 3.30. The lowest BCUT2D eigenvalue weighted by Crippen LogP contribution is -2.54. The van der Waals surface area contributed by atoms with Crippen molar-refractivity contribution in [1.82, 2.24) is 20.2 Å². The molecule has 0 radical (unpaired) electrons. The summed E-state index contributed by atoms with van der Waals surface area (Å²) < 4.78 is 17.5. The summed E-state index contributed by atoms with van der Waals surface area (Å²) in [5.41, 5.74) is -0.740. The zero-order valence-corrected chi connectivity index (χ0v) is 23.2. The highest BCUT2D eigenvalue weighted by Crippen LogP contribution is 2.36. The minimum atomic E-state index is -0.657. The summed E-state index contributed by atoms with van der Waals surface area (Å²) in [6.45, 7) is 18.4. The molecule has 2 saturated heterocycles. The fraction of sp³-hybridized carbons (Fsp3) is 0.760. The minimum Gasteiger partial charge on any atom is -0.444 e. The number of hydrogen-bond donors (Lipinski definition) is 2. The van der Waals surface area contributed by atoms with E-state index in [4.69, 9.17) is 14.0 Å². The van der Waals surface area contributed by atoms with Gasteiger partial charge in [0.2, 0.25) is 11.9 Å². The quantitative estimate of drug-likeness (QED) is 0.546. The Morgan fingerprint density at radius 1 is 1.17 bits per heavy atom. The number of amides is 2. The Morgan fingerprint density at radius 3 is 2.28 bits per heavy atom. The Kier molecular flexibility index (Phi) is 8.25. The Hall–Kier alpha value is -2.40. The third kappa shape index (κ3) is 6.67. The molecule has 0 aromatic carbocycles. The summed E-state index contributed by atoms with van der Waals surface area (Å²) in [6.07, 6.45) is 4.58. The van der Waals surface area contributed by atoms with Crippen molar-refractivity contribution in [3.63, 3.8) is 0 Å². The molecule has 0 unspecified atom stereocenters. The number of aromatic nitrogens is 2. The van der Waals surface area contributed by atoms with Crippen LogP contribution in [0, 0.1) is 5.92 Å². The van der Waals surface area contributed by atoms with Gasteiger partial charge in [-0.15, -0.1) is 0 Å². The molecule has 1 aromatic heterocycles. The highest BCUT2D eigenvalue weighted by molar-refractivity contribution is 6.61. The Bertz CT molecular complexity index is 916. The summed E-state index contributed by atoms with van der Waals surface area (Å²) in [4.78, 5) is 36.4. The maximum Gasteiger partial charge on any atom is 0.498 e. The first kappa shape index (κ1) is 28.2. The number of ether oxygens (including phenoxy) is 1. The Labute approximate surface area is 215 Å². The zero-order chi connectivity index (χ0) is 26.9. The van der Waals surface area contributed by atoms with Crippen molar-refractivity contribution in [3.8, 4) is 0 Å². The monoisotopic (exact) mass is 503 g/mol. The molecule has 2 amide bonds. The molecule has 200 valence electrons. The van der Waals surface area contributed by atoms with Gasteiger partial charge in [-0.3, -0.25) is 4.79 Å². The van der Waals surface area contributed by atoms with Gasteiger partial charge in [0.05, 0.1) is 11.2 Å². The van der Waals surface area contributed by atoms with Crippen molar-refractivity contribution in [1.29, 1.82) is 0 Å². The molecular weight excluding hydrogens is 461 g/mol. The van der Waals surface area contributed by atoms with Gasteiger partial charge in [0.25, 0.3) is 0 Å². The van der Waals surface area contributed by atoms with Crippen LogP contribution in [0.4, 0.5) is 10.7 Å². The molecular formula is C25H42BN5O5. The standard InChI is InChI=1S/C25H42BN5O5/c1-16(2)19(30-22(33)34-23(3,4)5)20(32)31-12-10-11-18(31)15-29-21-27-13-17(14-28-21)26-35-24(6,7)25(8,9)36-26/h13-14,16,18-19H,10-12,15H2,1-9H3,(H,30,33)(H,27,28,29)/t18-,19+/m1/s1. The summed E-state index contributed by atoms with van der Waals surface area (Å²) in [6, 6.07) is -0.679. The minimum absolute atomic E-state index is 0.0226. The topological polar surface area (TPSA) is 115 Å². The van der Waals surface area contributed by atoms with E-state index in [-0.39, 0.29) is 17.9 Å². The van der Waals surface area contributed by atoms with Crippen LogP contribution in [0.1, 0.15) is 75.2 Å². The Morgan fingerprint density at radius 2 is 1.75 bits per heavy atom. The first-order chi connectivity index (χ1) is 16.6. The molecule has 36 heavy (non-hydrogen) atoms. The lowest BCUT2D eigenvalue weighted by atomic mass is 9.81. The van der Waals surface area contributed by atoms with Crippen molar-refractivity contribution in [2.24, 2.45) is 5.92 Å². The molecule has 2 fully saturated rings. The number of nitrogens with one attached hydrogen (secondary N) is 2. The molecule has 3 rings (SSSR count). The second-order valence-corrected chi connectivity index (χ2v) is 12.0. The zero-order valence-electron chi connectivity index (χ0n) is 23.2. The number of alkyl carbamates (subject to hydrolysis) is 1. The first-order valence-electron chi connectivity index (χ1n) is 12.8. The maximum atomic E-state index is 13.4. The van der Waals surface area contributed by atoms with Crippen LogP contribution < -0.4 is 16.1 Å². The van der Waals surface area contributed by atoms with Gasteiger partial charge in [-0.05, 0) is 67.2 Å². The Balaban J connectivity index is 1.58. The summed E-state index contributed by atoms with van der Waals surface area (Å²) in [5.74, 6) is 0.295. The molecule has 2 N–H and O–H groups in total. The molecule has 2 atom stereocenters. The predicted octanol–water partition coefficient (Wildman–Crippen LogP) is 2.73. The van der Waals surface area contributed by atoms with Crippen LogP contribution in [0.2, 0.25) is 0 Å². The normalized spacial score (nSPS) is 22.0. The van der Waals surface area contributed by atoms with E-state index in [1.807, 2.05) is 46.4 Å². The van der Waals surface area contributed by atoms with Crippen molar-refractivity contribution >= 4 is 30.5 Å². The van der Waals surface area contributed by atoms with Crippen LogP contribution in [-0.4, -0.2) is 76.0 Å². The molecule has 3 heterocycles. The molecule has 11 heteroatoms. The second-order valence-electron chi connectivity index (χ2n) is 12.0. The van der Waals surface area contributed by atoms with Crippen LogP contribution in [-0.2, 0) is 18.8 Å². The van der Waals surface area contributed by atoms with E-state index >= 15 is 0 Å². The summed E-state index contributed by atoms with van der Waals surface area (Å²) >= 11 is 0. The molecule has 0 bridgehead atoms. The van der Waals surface area contributed by atoms with E-state index in [0.29, 0.717) is 19.0 Å². The highest BCUT2D eigenvalue weighted by atomic mass is 16.7. The molecule has 2 aliphatic heterocycles. The molecule has 10 nitrogen and oxygen atoms in total. The van der Waals surface area contributed by atoms with Gasteiger partial charge in [-0.25, -0.2) is 14.8 Å². The molecule has 1 aromatic rings. The van der Waals surface area contributed by atoms with E-state index in [1.54, 1.807) is 33.2 Å².